The first-order valence-corrected chi connectivity index (χ1v) is 28.5. The minimum Gasteiger partial charge on any atom is -0.462 e. The summed E-state index contributed by atoms with van der Waals surface area (Å²) in [6, 6.07) is 0. The van der Waals surface area contributed by atoms with Crippen molar-refractivity contribution in [2.75, 3.05) is 13.2 Å². The van der Waals surface area contributed by atoms with Gasteiger partial charge in [-0.05, 0) is 77.0 Å². The van der Waals surface area contributed by atoms with Crippen LogP contribution in [-0.2, 0) is 28.6 Å². The first-order chi connectivity index (χ1) is 32.0. The maximum Gasteiger partial charge on any atom is 0.306 e. The van der Waals surface area contributed by atoms with Crippen LogP contribution in [0.15, 0.2) is 36.5 Å². The van der Waals surface area contributed by atoms with Gasteiger partial charge < -0.3 is 14.2 Å². The molecule has 1 atom stereocenters. The van der Waals surface area contributed by atoms with Crippen LogP contribution in [0.3, 0.4) is 0 Å². The van der Waals surface area contributed by atoms with E-state index >= 15 is 0 Å². The molecule has 65 heavy (non-hydrogen) atoms. The van der Waals surface area contributed by atoms with Gasteiger partial charge in [-0.15, -0.1) is 0 Å². The van der Waals surface area contributed by atoms with Crippen LogP contribution >= 0.6 is 0 Å². The Kier molecular flexibility index (Phi) is 52.3. The van der Waals surface area contributed by atoms with Gasteiger partial charge in [0.05, 0.1) is 0 Å². The number of carbonyl (C=O) groups is 3. The predicted molar refractivity (Wildman–Crippen MR) is 279 cm³/mol. The third-order valence-electron chi connectivity index (χ3n) is 12.6. The second-order valence-corrected chi connectivity index (χ2v) is 19.2. The summed E-state index contributed by atoms with van der Waals surface area (Å²) >= 11 is 0. The van der Waals surface area contributed by atoms with Gasteiger partial charge >= 0.3 is 17.9 Å². The molecule has 0 unspecified atom stereocenters. The topological polar surface area (TPSA) is 78.9 Å². The van der Waals surface area contributed by atoms with Crippen molar-refractivity contribution < 1.29 is 28.6 Å². The van der Waals surface area contributed by atoms with Crippen molar-refractivity contribution in [3.63, 3.8) is 0 Å². The third kappa shape index (κ3) is 52.5. The van der Waals surface area contributed by atoms with Crippen LogP contribution in [0, 0.1) is 0 Å². The number of hydrogen-bond acceptors (Lipinski definition) is 6. The Balaban J connectivity index is 4.37. The number of allylic oxidation sites excluding steroid dienone is 6. The zero-order valence-corrected chi connectivity index (χ0v) is 43.5. The molecule has 6 heteroatoms. The van der Waals surface area contributed by atoms with Crippen LogP contribution in [0.25, 0.3) is 0 Å². The van der Waals surface area contributed by atoms with Crippen molar-refractivity contribution >= 4 is 17.9 Å². The standard InChI is InChI=1S/C59H108O6/c1-4-7-10-13-16-19-22-25-28-31-34-37-40-43-46-49-52-58(61)64-55-56(54-63-57(60)51-48-45-42-39-36-33-30-27-24-21-18-15-12-9-6-3)65-59(62)53-50-47-44-41-38-35-32-29-26-23-20-17-14-11-8-5-2/h18,21,27-28,30-31,56H,4-17,19-20,22-26,29,32-55H2,1-3H3/b21-18-,30-27-,31-28-/t56-/m1/s1. The molecular formula is C59H108O6. The van der Waals surface area contributed by atoms with E-state index < -0.39 is 6.10 Å². The van der Waals surface area contributed by atoms with E-state index in [-0.39, 0.29) is 31.1 Å². The molecule has 0 saturated heterocycles. The molecule has 0 heterocycles. The maximum absolute atomic E-state index is 12.8. The Morgan fingerprint density at radius 3 is 0.892 bits per heavy atom. The monoisotopic (exact) mass is 913 g/mol. The molecule has 0 fully saturated rings. The maximum atomic E-state index is 12.8. The van der Waals surface area contributed by atoms with Crippen LogP contribution < -0.4 is 0 Å². The molecular weight excluding hydrogens is 805 g/mol. The lowest BCUT2D eigenvalue weighted by Crippen LogP contribution is -2.30. The third-order valence-corrected chi connectivity index (χ3v) is 12.6. The van der Waals surface area contributed by atoms with Crippen molar-refractivity contribution in [1.82, 2.24) is 0 Å². The molecule has 0 amide bonds. The molecule has 0 aromatic rings. The van der Waals surface area contributed by atoms with Crippen molar-refractivity contribution in [2.45, 2.75) is 309 Å². The molecule has 0 aliphatic heterocycles. The minimum atomic E-state index is -0.778. The van der Waals surface area contributed by atoms with E-state index in [9.17, 15) is 14.4 Å². The fourth-order valence-electron chi connectivity index (χ4n) is 8.29. The summed E-state index contributed by atoms with van der Waals surface area (Å²) in [5.74, 6) is -0.882. The van der Waals surface area contributed by atoms with E-state index in [1.807, 2.05) is 0 Å². The van der Waals surface area contributed by atoms with Crippen molar-refractivity contribution in [1.29, 1.82) is 0 Å². The molecule has 0 radical (unpaired) electrons. The molecule has 380 valence electrons. The Hall–Kier alpha value is -2.37. The Bertz CT molecular complexity index is 1090. The molecule has 0 rings (SSSR count). The van der Waals surface area contributed by atoms with E-state index in [4.69, 9.17) is 14.2 Å². The summed E-state index contributed by atoms with van der Waals surface area (Å²) in [7, 11) is 0. The second-order valence-electron chi connectivity index (χ2n) is 19.2. The summed E-state index contributed by atoms with van der Waals surface area (Å²) in [6.07, 6.45) is 64.1. The number of esters is 3. The lowest BCUT2D eigenvalue weighted by Gasteiger charge is -2.18. The van der Waals surface area contributed by atoms with Crippen molar-refractivity contribution in [2.24, 2.45) is 0 Å². The molecule has 6 nitrogen and oxygen atoms in total. The van der Waals surface area contributed by atoms with Gasteiger partial charge in [0.25, 0.3) is 0 Å². The minimum absolute atomic E-state index is 0.0777. The van der Waals surface area contributed by atoms with Gasteiger partial charge in [0.15, 0.2) is 6.10 Å². The molecule has 0 aromatic carbocycles. The van der Waals surface area contributed by atoms with Crippen LogP contribution in [0.1, 0.15) is 303 Å². The van der Waals surface area contributed by atoms with E-state index in [1.54, 1.807) is 0 Å². The molecule has 0 saturated carbocycles. The quantitative estimate of drug-likeness (QED) is 0.0262. The van der Waals surface area contributed by atoms with E-state index in [2.05, 4.69) is 57.2 Å². The highest BCUT2D eigenvalue weighted by molar-refractivity contribution is 5.71. The summed E-state index contributed by atoms with van der Waals surface area (Å²) in [5.41, 5.74) is 0. The number of hydrogen-bond donors (Lipinski definition) is 0. The molecule has 0 aliphatic rings. The van der Waals surface area contributed by atoms with E-state index in [1.165, 1.54) is 180 Å². The Morgan fingerprint density at radius 1 is 0.308 bits per heavy atom. The van der Waals surface area contributed by atoms with Gasteiger partial charge in [0.1, 0.15) is 13.2 Å². The van der Waals surface area contributed by atoms with Crippen LogP contribution in [-0.4, -0.2) is 37.2 Å². The molecule has 0 N–H and O–H groups in total. The summed E-state index contributed by atoms with van der Waals surface area (Å²) in [4.78, 5) is 38.1. The predicted octanol–water partition coefficient (Wildman–Crippen LogP) is 18.9. The molecule has 0 aliphatic carbocycles. The van der Waals surface area contributed by atoms with Gasteiger partial charge in [-0.1, -0.05) is 243 Å². The fraction of sp³-hybridized carbons (Fsp3) is 0.847. The zero-order valence-electron chi connectivity index (χ0n) is 43.5. The number of carbonyl (C=O) groups excluding carboxylic acids is 3. The van der Waals surface area contributed by atoms with Gasteiger partial charge in [0, 0.05) is 19.3 Å². The normalized spacial score (nSPS) is 12.2. The largest absolute Gasteiger partial charge is 0.462 e. The smallest absolute Gasteiger partial charge is 0.306 e. The SMILES string of the molecule is CCCCC/C=C\C/C=C\CCCCCCCC(=O)OC[C@H](COC(=O)CCCCCCC/C=C\CCCCCCCCC)OC(=O)CCCCCCCCCCCCCCCCCC. The second kappa shape index (κ2) is 54.2. The van der Waals surface area contributed by atoms with Crippen LogP contribution in [0.4, 0.5) is 0 Å². The average molecular weight is 914 g/mol. The van der Waals surface area contributed by atoms with E-state index in [0.29, 0.717) is 19.3 Å². The first-order valence-electron chi connectivity index (χ1n) is 28.5. The van der Waals surface area contributed by atoms with Crippen LogP contribution in [0.2, 0.25) is 0 Å². The van der Waals surface area contributed by atoms with Crippen molar-refractivity contribution in [3.05, 3.63) is 36.5 Å². The lowest BCUT2D eigenvalue weighted by atomic mass is 10.0. The van der Waals surface area contributed by atoms with E-state index in [0.717, 1.165) is 83.5 Å². The van der Waals surface area contributed by atoms with Gasteiger partial charge in [-0.25, -0.2) is 0 Å². The lowest BCUT2D eigenvalue weighted by molar-refractivity contribution is -0.167. The highest BCUT2D eigenvalue weighted by atomic mass is 16.6. The number of ether oxygens (including phenoxy) is 3. The van der Waals surface area contributed by atoms with Crippen molar-refractivity contribution in [3.8, 4) is 0 Å². The summed E-state index contributed by atoms with van der Waals surface area (Å²) in [6.45, 7) is 6.63. The average Bonchev–Trinajstić information content (AvgIpc) is 3.30. The molecule has 0 bridgehead atoms. The number of rotatable bonds is 52. The molecule has 0 spiro atoms. The zero-order chi connectivity index (χ0) is 47.2. The van der Waals surface area contributed by atoms with Crippen LogP contribution in [0.5, 0.6) is 0 Å². The highest BCUT2D eigenvalue weighted by Crippen LogP contribution is 2.16. The van der Waals surface area contributed by atoms with Gasteiger partial charge in [-0.3, -0.25) is 14.4 Å². The van der Waals surface area contributed by atoms with Gasteiger partial charge in [0.2, 0.25) is 0 Å². The first kappa shape index (κ1) is 62.6. The Labute approximate surface area is 404 Å². The summed E-state index contributed by atoms with van der Waals surface area (Å²) in [5, 5.41) is 0. The van der Waals surface area contributed by atoms with Gasteiger partial charge in [-0.2, -0.15) is 0 Å². The number of unbranched alkanes of at least 4 members (excludes halogenated alkanes) is 35. The Morgan fingerprint density at radius 2 is 0.554 bits per heavy atom. The summed E-state index contributed by atoms with van der Waals surface area (Å²) < 4.78 is 16.9. The molecule has 0 aromatic heterocycles. The highest BCUT2D eigenvalue weighted by Gasteiger charge is 2.19. The fourth-order valence-corrected chi connectivity index (χ4v) is 8.29.